The largest absolute Gasteiger partial charge is 0.464 e. The van der Waals surface area contributed by atoms with Gasteiger partial charge in [-0.05, 0) is 26.8 Å². The van der Waals surface area contributed by atoms with E-state index in [9.17, 15) is 9.59 Å². The van der Waals surface area contributed by atoms with E-state index in [4.69, 9.17) is 27.9 Å². The van der Waals surface area contributed by atoms with Gasteiger partial charge in [0.25, 0.3) is 0 Å². The highest BCUT2D eigenvalue weighted by Gasteiger charge is 2.21. The van der Waals surface area contributed by atoms with Crippen LogP contribution in [0.4, 0.5) is 10.5 Å². The van der Waals surface area contributed by atoms with Gasteiger partial charge in [0.15, 0.2) is 5.69 Å². The minimum Gasteiger partial charge on any atom is -0.464 e. The Morgan fingerprint density at radius 3 is 2.40 bits per heavy atom. The minimum atomic E-state index is -0.755. The molecule has 1 heterocycles. The average molecular weight is 321 g/mol. The highest BCUT2D eigenvalue weighted by atomic mass is 35.5. The lowest BCUT2D eigenvalue weighted by Gasteiger charge is -2.20. The maximum atomic E-state index is 11.7. The molecule has 1 N–H and O–H groups in total. The number of rotatable bonds is 2. The molecule has 1 amide bonds. The van der Waals surface area contributed by atoms with Gasteiger partial charge in [0, 0.05) is 0 Å². The maximum absolute atomic E-state index is 11.7. The summed E-state index contributed by atoms with van der Waals surface area (Å²) in [5.74, 6) is -0.755. The normalized spacial score (nSPS) is 10.9. The lowest BCUT2D eigenvalue weighted by Crippen LogP contribution is -2.28. The Kier molecular flexibility index (Phi) is 5.19. The van der Waals surface area contributed by atoms with Crippen LogP contribution in [0.5, 0.6) is 0 Å². The first-order valence-corrected chi connectivity index (χ1v) is 6.34. The van der Waals surface area contributed by atoms with Crippen molar-refractivity contribution in [3.8, 4) is 0 Å². The molecule has 0 bridgehead atoms. The number of halogens is 2. The van der Waals surface area contributed by atoms with Crippen molar-refractivity contribution in [1.82, 2.24) is 4.98 Å². The summed E-state index contributed by atoms with van der Waals surface area (Å²) in [6, 6.07) is 1.30. The Morgan fingerprint density at radius 2 is 1.90 bits per heavy atom. The van der Waals surface area contributed by atoms with Crippen LogP contribution in [0.15, 0.2) is 6.07 Å². The number of pyridine rings is 1. The van der Waals surface area contributed by atoms with E-state index in [1.54, 1.807) is 20.8 Å². The summed E-state index contributed by atoms with van der Waals surface area (Å²) in [4.78, 5) is 27.1. The first-order chi connectivity index (χ1) is 9.14. The Labute approximate surface area is 126 Å². The smallest absolute Gasteiger partial charge is 0.412 e. The highest BCUT2D eigenvalue weighted by molar-refractivity contribution is 6.41. The van der Waals surface area contributed by atoms with Crippen molar-refractivity contribution in [3.63, 3.8) is 0 Å². The second kappa shape index (κ2) is 6.28. The summed E-state index contributed by atoms with van der Waals surface area (Å²) < 4.78 is 9.63. The Balaban J connectivity index is 3.07. The summed E-state index contributed by atoms with van der Waals surface area (Å²) in [7, 11) is 1.18. The lowest BCUT2D eigenvalue weighted by molar-refractivity contribution is 0.0595. The Hall–Kier alpha value is -1.53. The number of anilines is 1. The predicted octanol–water partition coefficient (Wildman–Crippen LogP) is 3.52. The molecule has 1 aromatic rings. The third-order valence-corrected chi connectivity index (χ3v) is 2.62. The summed E-state index contributed by atoms with van der Waals surface area (Å²) in [5, 5.41) is 2.40. The van der Waals surface area contributed by atoms with Gasteiger partial charge in [-0.25, -0.2) is 14.6 Å². The monoisotopic (exact) mass is 320 g/mol. The van der Waals surface area contributed by atoms with E-state index in [1.165, 1.54) is 13.2 Å². The van der Waals surface area contributed by atoms with Crippen molar-refractivity contribution in [2.45, 2.75) is 26.4 Å². The number of carbonyl (C=O) groups excluding carboxylic acids is 2. The Bertz CT molecular complexity index is 541. The highest BCUT2D eigenvalue weighted by Crippen LogP contribution is 2.26. The van der Waals surface area contributed by atoms with Crippen LogP contribution in [-0.4, -0.2) is 29.8 Å². The maximum Gasteiger partial charge on any atom is 0.412 e. The SMILES string of the molecule is COC(=O)c1nc(Cl)c(Cl)cc1NC(=O)OC(C)(C)C. The molecule has 0 saturated heterocycles. The first kappa shape index (κ1) is 16.5. The molecule has 1 aromatic heterocycles. The number of amides is 1. The van der Waals surface area contributed by atoms with Crippen molar-refractivity contribution in [2.75, 3.05) is 12.4 Å². The zero-order valence-electron chi connectivity index (χ0n) is 11.4. The number of ether oxygens (including phenoxy) is 2. The van der Waals surface area contributed by atoms with Crippen LogP contribution in [0.25, 0.3) is 0 Å². The van der Waals surface area contributed by atoms with E-state index in [0.29, 0.717) is 0 Å². The number of hydrogen-bond donors (Lipinski definition) is 1. The van der Waals surface area contributed by atoms with E-state index in [2.05, 4.69) is 15.0 Å². The molecule has 0 saturated carbocycles. The second-order valence-corrected chi connectivity index (χ2v) is 5.54. The summed E-state index contributed by atoms with van der Waals surface area (Å²) in [6.45, 7) is 5.13. The summed E-state index contributed by atoms with van der Waals surface area (Å²) >= 11 is 11.5. The van der Waals surface area contributed by atoms with E-state index in [-0.39, 0.29) is 21.6 Å². The number of aromatic nitrogens is 1. The van der Waals surface area contributed by atoms with Crippen LogP contribution in [-0.2, 0) is 9.47 Å². The molecule has 0 fully saturated rings. The Morgan fingerprint density at radius 1 is 1.30 bits per heavy atom. The number of esters is 1. The van der Waals surface area contributed by atoms with Gasteiger partial charge < -0.3 is 9.47 Å². The van der Waals surface area contributed by atoms with Crippen molar-refractivity contribution >= 4 is 41.0 Å². The third-order valence-electron chi connectivity index (χ3n) is 1.95. The molecule has 0 aliphatic carbocycles. The van der Waals surface area contributed by atoms with Gasteiger partial charge in [-0.2, -0.15) is 0 Å². The van der Waals surface area contributed by atoms with E-state index < -0.39 is 17.7 Å². The van der Waals surface area contributed by atoms with Crippen LogP contribution >= 0.6 is 23.2 Å². The fraction of sp³-hybridized carbons (Fsp3) is 0.417. The molecular weight excluding hydrogens is 307 g/mol. The predicted molar refractivity (Wildman–Crippen MR) is 75.5 cm³/mol. The molecule has 0 spiro atoms. The van der Waals surface area contributed by atoms with Crippen LogP contribution in [0.2, 0.25) is 10.2 Å². The molecular formula is C12H14Cl2N2O4. The van der Waals surface area contributed by atoms with Gasteiger partial charge in [0.05, 0.1) is 17.8 Å². The molecule has 0 unspecified atom stereocenters. The zero-order chi connectivity index (χ0) is 15.5. The zero-order valence-corrected chi connectivity index (χ0v) is 12.9. The number of hydrogen-bond acceptors (Lipinski definition) is 5. The van der Waals surface area contributed by atoms with Gasteiger partial charge >= 0.3 is 12.1 Å². The van der Waals surface area contributed by atoms with Crippen LogP contribution < -0.4 is 5.32 Å². The third kappa shape index (κ3) is 4.54. The number of carbonyl (C=O) groups is 2. The van der Waals surface area contributed by atoms with Crippen LogP contribution in [0.3, 0.4) is 0 Å². The molecule has 6 nitrogen and oxygen atoms in total. The van der Waals surface area contributed by atoms with Crippen molar-refractivity contribution in [1.29, 1.82) is 0 Å². The topological polar surface area (TPSA) is 77.5 Å². The molecule has 20 heavy (non-hydrogen) atoms. The second-order valence-electron chi connectivity index (χ2n) is 4.78. The number of methoxy groups -OCH3 is 1. The van der Waals surface area contributed by atoms with Crippen molar-refractivity contribution < 1.29 is 19.1 Å². The fourth-order valence-corrected chi connectivity index (χ4v) is 1.52. The van der Waals surface area contributed by atoms with Gasteiger partial charge in [0.2, 0.25) is 0 Å². The first-order valence-electron chi connectivity index (χ1n) is 5.58. The van der Waals surface area contributed by atoms with Crippen molar-refractivity contribution in [3.05, 3.63) is 21.9 Å². The molecule has 0 radical (unpaired) electrons. The average Bonchev–Trinajstić information content (AvgIpc) is 2.30. The molecule has 0 aliphatic rings. The fourth-order valence-electron chi connectivity index (χ4n) is 1.23. The van der Waals surface area contributed by atoms with E-state index >= 15 is 0 Å². The lowest BCUT2D eigenvalue weighted by atomic mass is 10.2. The molecule has 0 aromatic carbocycles. The summed E-state index contributed by atoms with van der Waals surface area (Å²) in [5.41, 5.74) is -0.785. The van der Waals surface area contributed by atoms with Gasteiger partial charge in [0.1, 0.15) is 10.8 Å². The molecule has 8 heteroatoms. The summed E-state index contributed by atoms with van der Waals surface area (Å²) in [6.07, 6.45) is -0.747. The van der Waals surface area contributed by atoms with Crippen LogP contribution in [0, 0.1) is 0 Å². The standard InChI is InChI=1S/C12H14Cl2N2O4/c1-12(2,3)20-11(18)15-7-5-6(13)9(14)16-8(7)10(17)19-4/h5H,1-4H3,(H,15,18). The molecule has 1 rings (SSSR count). The molecule has 0 atom stereocenters. The van der Waals surface area contributed by atoms with Crippen molar-refractivity contribution in [2.24, 2.45) is 0 Å². The quantitative estimate of drug-likeness (QED) is 0.666. The van der Waals surface area contributed by atoms with E-state index in [1.807, 2.05) is 0 Å². The van der Waals surface area contributed by atoms with Gasteiger partial charge in [-0.3, -0.25) is 5.32 Å². The van der Waals surface area contributed by atoms with E-state index in [0.717, 1.165) is 0 Å². The van der Waals surface area contributed by atoms with Gasteiger partial charge in [-0.15, -0.1) is 0 Å². The molecule has 110 valence electrons. The number of nitrogens with one attached hydrogen (secondary N) is 1. The number of nitrogens with zero attached hydrogens (tertiary/aromatic N) is 1. The van der Waals surface area contributed by atoms with Gasteiger partial charge in [-0.1, -0.05) is 23.2 Å². The molecule has 0 aliphatic heterocycles. The minimum absolute atomic E-state index is 0.0560. The van der Waals surface area contributed by atoms with Crippen LogP contribution in [0.1, 0.15) is 31.3 Å².